The molecule has 0 aromatic rings. The average Bonchev–Trinajstić information content (AvgIpc) is 2.63. The van der Waals surface area contributed by atoms with Gasteiger partial charge in [0.05, 0.1) is 5.23 Å². The molecule has 0 aliphatic carbocycles. The van der Waals surface area contributed by atoms with Crippen LogP contribution in [-0.4, -0.2) is 70.3 Å². The summed E-state index contributed by atoms with van der Waals surface area (Å²) in [6.07, 6.45) is -40.6. The van der Waals surface area contributed by atoms with Gasteiger partial charge in [0.1, 0.15) is 0 Å². The number of hydrogen-bond donors (Lipinski definition) is 0. The molecule has 222 valence electrons. The lowest BCUT2D eigenvalue weighted by atomic mass is 10.2. The molecule has 0 fully saturated rings. The Kier molecular flexibility index (Phi) is 9.10. The summed E-state index contributed by atoms with van der Waals surface area (Å²) in [5.41, 5.74) is 0. The first kappa shape index (κ1) is 34.6. The molecule has 28 heteroatoms. The Hall–Kier alpha value is -2.39. The fourth-order valence-corrected chi connectivity index (χ4v) is 1.44. The predicted octanol–water partition coefficient (Wildman–Crippen LogP) is 6.42. The lowest BCUT2D eigenvalue weighted by Crippen LogP contribution is -2.69. The second kappa shape index (κ2) is 9.73. The van der Waals surface area contributed by atoms with Gasteiger partial charge in [0.15, 0.2) is 0 Å². The van der Waals surface area contributed by atoms with Gasteiger partial charge in [-0.1, -0.05) is 23.2 Å². The SMILES string of the molecule is FN=C(N(F)F)N(F)N(F)C(F)(OC(F)(F)C(F)(OC(F)(F)C(F)(F)C(F)(F)F)C(F)(F)F)C(F)(F)F. The number of ether oxygens (including phenoxy) is 2. The molecule has 0 aliphatic heterocycles. The minimum absolute atomic E-state index is 0.404. The summed E-state index contributed by atoms with van der Waals surface area (Å²) in [6.45, 7) is 0. The van der Waals surface area contributed by atoms with Crippen LogP contribution >= 0.6 is 0 Å². The molecule has 0 N–H and O–H groups in total. The van der Waals surface area contributed by atoms with Crippen LogP contribution in [-0.2, 0) is 9.47 Å². The van der Waals surface area contributed by atoms with Gasteiger partial charge in [-0.2, -0.15) is 74.6 Å². The molecular formula is C9F22N4O2. The van der Waals surface area contributed by atoms with E-state index < -0.39 is 70.3 Å². The van der Waals surface area contributed by atoms with Crippen molar-refractivity contribution in [1.29, 1.82) is 0 Å². The summed E-state index contributed by atoms with van der Waals surface area (Å²) in [5.74, 6) is -28.3. The summed E-state index contributed by atoms with van der Waals surface area (Å²) in [5, 5.41) is -10.3. The highest BCUT2D eigenvalue weighted by Crippen LogP contribution is 2.57. The summed E-state index contributed by atoms with van der Waals surface area (Å²) in [7, 11) is 0. The third-order valence-corrected chi connectivity index (χ3v) is 3.13. The second-order valence-electron chi connectivity index (χ2n) is 5.60. The molecule has 0 radical (unpaired) electrons. The minimum Gasteiger partial charge on any atom is -0.262 e. The highest BCUT2D eigenvalue weighted by molar-refractivity contribution is 5.75. The first-order valence-electron chi connectivity index (χ1n) is 7.22. The van der Waals surface area contributed by atoms with Crippen LogP contribution in [0.25, 0.3) is 0 Å². The van der Waals surface area contributed by atoms with Gasteiger partial charge in [-0.3, -0.25) is 9.47 Å². The maximum atomic E-state index is 13.9. The topological polar surface area (TPSA) is 40.5 Å². The van der Waals surface area contributed by atoms with E-state index in [1.165, 1.54) is 4.74 Å². The van der Waals surface area contributed by atoms with E-state index in [9.17, 15) is 97.0 Å². The maximum absolute atomic E-state index is 13.9. The Labute approximate surface area is 183 Å². The van der Waals surface area contributed by atoms with Crippen LogP contribution < -0.4 is 0 Å². The monoisotopic (exact) mass is 614 g/mol. The molecule has 0 saturated heterocycles. The van der Waals surface area contributed by atoms with Crippen molar-refractivity contribution >= 4 is 5.96 Å². The molecule has 0 bridgehead atoms. The van der Waals surface area contributed by atoms with E-state index in [1.807, 2.05) is 0 Å². The van der Waals surface area contributed by atoms with Crippen molar-refractivity contribution < 1.29 is 107 Å². The first-order valence-corrected chi connectivity index (χ1v) is 7.22. The summed E-state index contributed by atoms with van der Waals surface area (Å²) in [6, 6.07) is 0. The number of rotatable bonds is 8. The first-order chi connectivity index (χ1) is 15.9. The van der Waals surface area contributed by atoms with Crippen LogP contribution in [0.1, 0.15) is 0 Å². The van der Waals surface area contributed by atoms with E-state index in [-0.39, 0.29) is 0 Å². The number of guanidine groups is 1. The van der Waals surface area contributed by atoms with E-state index in [0.29, 0.717) is 5.21 Å². The van der Waals surface area contributed by atoms with Crippen LogP contribution in [0.3, 0.4) is 0 Å². The number of halogens is 22. The van der Waals surface area contributed by atoms with Gasteiger partial charge in [-0.25, -0.2) is 0 Å². The number of hydrazine groups is 1. The zero-order valence-corrected chi connectivity index (χ0v) is 15.4. The quantitative estimate of drug-likeness (QED) is 0.0602. The van der Waals surface area contributed by atoms with Crippen LogP contribution in [0, 0.1) is 0 Å². The maximum Gasteiger partial charge on any atom is 0.469 e. The fraction of sp³-hybridized carbons (Fsp3) is 0.889. The molecule has 2 atom stereocenters. The lowest BCUT2D eigenvalue weighted by Gasteiger charge is -2.41. The molecule has 0 heterocycles. The molecule has 0 amide bonds. The Morgan fingerprint density at radius 1 is 0.541 bits per heavy atom. The van der Waals surface area contributed by atoms with E-state index in [4.69, 9.17) is 0 Å². The molecule has 6 nitrogen and oxygen atoms in total. The Bertz CT molecular complexity index is 820. The van der Waals surface area contributed by atoms with E-state index in [2.05, 4.69) is 0 Å². The van der Waals surface area contributed by atoms with Gasteiger partial charge in [0.25, 0.3) is 0 Å². The molecule has 0 saturated carbocycles. The van der Waals surface area contributed by atoms with E-state index >= 15 is 0 Å². The highest BCUT2D eigenvalue weighted by Gasteiger charge is 2.86. The normalized spacial score (nSPS) is 18.5. The molecule has 0 aromatic carbocycles. The van der Waals surface area contributed by atoms with Crippen molar-refractivity contribution in [1.82, 2.24) is 15.8 Å². The number of alkyl halides is 17. The number of nitrogens with zero attached hydrogens (tertiary/aromatic N) is 4. The molecule has 0 aromatic heterocycles. The largest absolute Gasteiger partial charge is 0.469 e. The van der Waals surface area contributed by atoms with Crippen LogP contribution in [0.5, 0.6) is 0 Å². The van der Waals surface area contributed by atoms with Gasteiger partial charge in [0.2, 0.25) is 0 Å². The van der Waals surface area contributed by atoms with Gasteiger partial charge in [0, 0.05) is 5.34 Å². The zero-order chi connectivity index (χ0) is 30.4. The van der Waals surface area contributed by atoms with Crippen LogP contribution in [0.2, 0.25) is 0 Å². The van der Waals surface area contributed by atoms with Crippen molar-refractivity contribution in [3.63, 3.8) is 0 Å². The van der Waals surface area contributed by atoms with Gasteiger partial charge < -0.3 is 0 Å². The van der Waals surface area contributed by atoms with Crippen molar-refractivity contribution in [3.8, 4) is 0 Å². The molecule has 0 rings (SSSR count). The average molecular weight is 614 g/mol. The highest BCUT2D eigenvalue weighted by atomic mass is 19.4. The zero-order valence-electron chi connectivity index (χ0n) is 15.4. The van der Waals surface area contributed by atoms with Gasteiger partial charge in [-0.05, 0) is 5.21 Å². The van der Waals surface area contributed by atoms with E-state index in [0.717, 1.165) is 4.74 Å². The van der Waals surface area contributed by atoms with Crippen LogP contribution in [0.15, 0.2) is 5.21 Å². The third-order valence-electron chi connectivity index (χ3n) is 3.13. The summed E-state index contributed by atoms with van der Waals surface area (Å²) in [4.78, 5) is 0. The fourth-order valence-electron chi connectivity index (χ4n) is 1.44. The van der Waals surface area contributed by atoms with Crippen molar-refractivity contribution in [3.05, 3.63) is 0 Å². The molecule has 0 aliphatic rings. The lowest BCUT2D eigenvalue weighted by molar-refractivity contribution is -0.579. The summed E-state index contributed by atoms with van der Waals surface area (Å²) >= 11 is 0. The Balaban J connectivity index is 6.96. The Morgan fingerprint density at radius 3 is 1.22 bits per heavy atom. The molecule has 0 spiro atoms. The Morgan fingerprint density at radius 2 is 0.946 bits per heavy atom. The third kappa shape index (κ3) is 6.03. The van der Waals surface area contributed by atoms with Gasteiger partial charge >= 0.3 is 54.5 Å². The molecule has 2 unspecified atom stereocenters. The van der Waals surface area contributed by atoms with Gasteiger partial charge in [-0.15, -0.1) is 4.48 Å². The molecular weight excluding hydrogens is 614 g/mol. The number of hydrogen-bond acceptors (Lipinski definition) is 4. The molecule has 37 heavy (non-hydrogen) atoms. The van der Waals surface area contributed by atoms with Crippen LogP contribution in [0.4, 0.5) is 97.0 Å². The van der Waals surface area contributed by atoms with E-state index in [1.54, 1.807) is 0 Å². The second-order valence-corrected chi connectivity index (χ2v) is 5.60. The van der Waals surface area contributed by atoms with Crippen molar-refractivity contribution in [2.75, 3.05) is 0 Å². The standard InChI is InChI=1S/C9F22N4O2/c10-2(11,4(13,14)15)7(22,23)36-3(12,5(16,17)18)8(24,25)37-9(26,6(19,20)21)35(31)34(30)1(32-27)33(28)29. The predicted molar refractivity (Wildman–Crippen MR) is 61.3 cm³/mol. The smallest absolute Gasteiger partial charge is 0.262 e. The minimum atomic E-state index is -8.45. The van der Waals surface area contributed by atoms with Crippen molar-refractivity contribution in [2.45, 2.75) is 48.5 Å². The summed E-state index contributed by atoms with van der Waals surface area (Å²) < 4.78 is 283. The van der Waals surface area contributed by atoms with Crippen molar-refractivity contribution in [2.24, 2.45) is 5.21 Å².